The Kier molecular flexibility index (Phi) is 3.53. The zero-order chi connectivity index (χ0) is 11.5. The Balaban J connectivity index is 2.00. The predicted molar refractivity (Wildman–Crippen MR) is 62.3 cm³/mol. The van der Waals surface area contributed by atoms with Gasteiger partial charge in [0.25, 0.3) is 0 Å². The number of aliphatic carboxylic acids is 1. The van der Waals surface area contributed by atoms with Crippen molar-refractivity contribution in [2.24, 2.45) is 0 Å². The topological polar surface area (TPSA) is 63.1 Å². The maximum Gasteiger partial charge on any atom is 0.303 e. The Labute approximate surface area is 102 Å². The molecule has 0 aliphatic heterocycles. The molecule has 0 amide bonds. The number of aryl methyl sites for hydroxylation is 1. The third kappa shape index (κ3) is 3.01. The van der Waals surface area contributed by atoms with Crippen LogP contribution < -0.4 is 0 Å². The molecule has 0 bridgehead atoms. The average Bonchev–Trinajstić information content (AvgIpc) is 3.04. The molecule has 0 atom stereocenters. The molecule has 5 heteroatoms. The quantitative estimate of drug-likeness (QED) is 0.903. The van der Waals surface area contributed by atoms with E-state index in [1.807, 2.05) is 0 Å². The minimum Gasteiger partial charge on any atom is -0.481 e. The highest BCUT2D eigenvalue weighted by molar-refractivity contribution is 9.10. The van der Waals surface area contributed by atoms with Crippen LogP contribution in [0.4, 0.5) is 0 Å². The molecule has 0 aromatic carbocycles. The fourth-order valence-corrected chi connectivity index (χ4v) is 1.93. The van der Waals surface area contributed by atoms with Gasteiger partial charge in [-0.15, -0.1) is 0 Å². The fraction of sp³-hybridized carbons (Fsp3) is 0.545. The van der Waals surface area contributed by atoms with E-state index in [4.69, 9.17) is 5.11 Å². The zero-order valence-electron chi connectivity index (χ0n) is 8.82. The Morgan fingerprint density at radius 3 is 2.94 bits per heavy atom. The van der Waals surface area contributed by atoms with Crippen LogP contribution in [0.1, 0.15) is 43.1 Å². The summed E-state index contributed by atoms with van der Waals surface area (Å²) in [5, 5.41) is 8.57. The van der Waals surface area contributed by atoms with Crippen LogP contribution in [-0.2, 0) is 11.2 Å². The van der Waals surface area contributed by atoms with Crippen LogP contribution in [0.15, 0.2) is 10.7 Å². The van der Waals surface area contributed by atoms with Crippen molar-refractivity contribution in [1.82, 2.24) is 9.97 Å². The molecule has 0 unspecified atom stereocenters. The van der Waals surface area contributed by atoms with Crippen molar-refractivity contribution in [2.75, 3.05) is 0 Å². The largest absolute Gasteiger partial charge is 0.481 e. The summed E-state index contributed by atoms with van der Waals surface area (Å²) in [5.41, 5.74) is 0.929. The summed E-state index contributed by atoms with van der Waals surface area (Å²) in [6, 6.07) is 0. The van der Waals surface area contributed by atoms with Crippen LogP contribution in [0.2, 0.25) is 0 Å². The molecule has 1 aliphatic rings. The lowest BCUT2D eigenvalue weighted by molar-refractivity contribution is -0.137. The second-order valence-electron chi connectivity index (χ2n) is 4.04. The first kappa shape index (κ1) is 11.5. The first-order valence-corrected chi connectivity index (χ1v) is 6.19. The van der Waals surface area contributed by atoms with Crippen molar-refractivity contribution >= 4 is 21.9 Å². The van der Waals surface area contributed by atoms with E-state index in [0.29, 0.717) is 18.8 Å². The zero-order valence-corrected chi connectivity index (χ0v) is 10.4. The molecule has 1 saturated carbocycles. The molecule has 0 saturated heterocycles. The van der Waals surface area contributed by atoms with Gasteiger partial charge in [-0.2, -0.15) is 0 Å². The van der Waals surface area contributed by atoms with Crippen molar-refractivity contribution in [3.63, 3.8) is 0 Å². The SMILES string of the molecule is O=C(O)CCCc1nc(C2CC2)ncc1Br. The van der Waals surface area contributed by atoms with Crippen LogP contribution in [0.25, 0.3) is 0 Å². The van der Waals surface area contributed by atoms with Gasteiger partial charge in [0.1, 0.15) is 5.82 Å². The average molecular weight is 285 g/mol. The van der Waals surface area contributed by atoms with E-state index in [1.54, 1.807) is 6.20 Å². The van der Waals surface area contributed by atoms with Gasteiger partial charge in [-0.3, -0.25) is 4.79 Å². The van der Waals surface area contributed by atoms with E-state index in [1.165, 1.54) is 12.8 Å². The van der Waals surface area contributed by atoms with E-state index in [-0.39, 0.29) is 6.42 Å². The summed E-state index contributed by atoms with van der Waals surface area (Å²) in [6.07, 6.45) is 5.63. The number of aromatic nitrogens is 2. The lowest BCUT2D eigenvalue weighted by Crippen LogP contribution is -2.01. The van der Waals surface area contributed by atoms with E-state index >= 15 is 0 Å². The molecule has 4 nitrogen and oxygen atoms in total. The molecule has 1 N–H and O–H groups in total. The number of carboxylic acids is 1. The van der Waals surface area contributed by atoms with Crippen molar-refractivity contribution in [3.05, 3.63) is 22.2 Å². The molecule has 1 aromatic heterocycles. The molecule has 1 aromatic rings. The van der Waals surface area contributed by atoms with Gasteiger partial charge in [-0.25, -0.2) is 9.97 Å². The highest BCUT2D eigenvalue weighted by atomic mass is 79.9. The predicted octanol–water partition coefficient (Wildman–Crippen LogP) is 2.52. The van der Waals surface area contributed by atoms with Crippen LogP contribution in [0, 0.1) is 0 Å². The molecule has 86 valence electrons. The van der Waals surface area contributed by atoms with Gasteiger partial charge in [0.2, 0.25) is 0 Å². The Hall–Kier alpha value is -0.970. The van der Waals surface area contributed by atoms with Crippen LogP contribution in [0.3, 0.4) is 0 Å². The number of hydrogen-bond donors (Lipinski definition) is 1. The van der Waals surface area contributed by atoms with Gasteiger partial charge in [0, 0.05) is 18.5 Å². The molecule has 1 aliphatic carbocycles. The number of nitrogens with zero attached hydrogens (tertiary/aromatic N) is 2. The number of carboxylic acid groups (broad SMARTS) is 1. The first-order valence-electron chi connectivity index (χ1n) is 5.40. The summed E-state index contributed by atoms with van der Waals surface area (Å²) < 4.78 is 0.877. The number of carbonyl (C=O) groups is 1. The highest BCUT2D eigenvalue weighted by Crippen LogP contribution is 2.38. The van der Waals surface area contributed by atoms with Gasteiger partial charge < -0.3 is 5.11 Å². The van der Waals surface area contributed by atoms with Crippen molar-refractivity contribution in [1.29, 1.82) is 0 Å². The third-order valence-electron chi connectivity index (χ3n) is 2.58. The summed E-state index contributed by atoms with van der Waals surface area (Å²) in [6.45, 7) is 0. The van der Waals surface area contributed by atoms with Gasteiger partial charge >= 0.3 is 5.97 Å². The van der Waals surface area contributed by atoms with Crippen molar-refractivity contribution < 1.29 is 9.90 Å². The fourth-order valence-electron chi connectivity index (χ4n) is 1.54. The summed E-state index contributed by atoms with van der Waals surface area (Å²) in [4.78, 5) is 19.2. The molecular formula is C11H13BrN2O2. The number of hydrogen-bond acceptors (Lipinski definition) is 3. The van der Waals surface area contributed by atoms with Gasteiger partial charge in [0.05, 0.1) is 10.2 Å². The number of rotatable bonds is 5. The minimum absolute atomic E-state index is 0.190. The molecule has 0 spiro atoms. The Bertz CT molecular complexity index is 405. The second kappa shape index (κ2) is 4.91. The van der Waals surface area contributed by atoms with Gasteiger partial charge in [-0.1, -0.05) is 0 Å². The monoisotopic (exact) mass is 284 g/mol. The Morgan fingerprint density at radius 1 is 1.56 bits per heavy atom. The lowest BCUT2D eigenvalue weighted by atomic mass is 10.2. The van der Waals surface area contributed by atoms with Crippen LogP contribution >= 0.6 is 15.9 Å². The summed E-state index contributed by atoms with van der Waals surface area (Å²) >= 11 is 3.39. The van der Waals surface area contributed by atoms with E-state index in [9.17, 15) is 4.79 Å². The summed E-state index contributed by atoms with van der Waals surface area (Å²) in [5.74, 6) is 0.687. The maximum absolute atomic E-state index is 10.4. The van der Waals surface area contributed by atoms with Crippen molar-refractivity contribution in [2.45, 2.75) is 38.0 Å². The highest BCUT2D eigenvalue weighted by Gasteiger charge is 2.26. The molecule has 2 rings (SSSR count). The van der Waals surface area contributed by atoms with E-state index < -0.39 is 5.97 Å². The van der Waals surface area contributed by atoms with Gasteiger partial charge in [0.15, 0.2) is 0 Å². The molecule has 1 heterocycles. The first-order chi connectivity index (χ1) is 7.66. The number of halogens is 1. The van der Waals surface area contributed by atoms with Gasteiger partial charge in [-0.05, 0) is 41.6 Å². The standard InChI is InChI=1S/C11H13BrN2O2/c12-8-6-13-11(7-4-5-7)14-9(8)2-1-3-10(15)16/h6-7H,1-5H2,(H,15,16). The molecule has 1 fully saturated rings. The molecule has 0 radical (unpaired) electrons. The summed E-state index contributed by atoms with van der Waals surface area (Å²) in [7, 11) is 0. The molecule has 16 heavy (non-hydrogen) atoms. The second-order valence-corrected chi connectivity index (χ2v) is 4.90. The van der Waals surface area contributed by atoms with E-state index in [2.05, 4.69) is 25.9 Å². The minimum atomic E-state index is -0.757. The van der Waals surface area contributed by atoms with Crippen molar-refractivity contribution in [3.8, 4) is 0 Å². The van der Waals surface area contributed by atoms with E-state index in [0.717, 1.165) is 16.0 Å². The lowest BCUT2D eigenvalue weighted by Gasteiger charge is -2.04. The molecular weight excluding hydrogens is 272 g/mol. The normalized spacial score (nSPS) is 15.1. The maximum atomic E-state index is 10.4. The third-order valence-corrected chi connectivity index (χ3v) is 3.24. The van der Waals surface area contributed by atoms with Crippen LogP contribution in [0.5, 0.6) is 0 Å². The van der Waals surface area contributed by atoms with Crippen LogP contribution in [-0.4, -0.2) is 21.0 Å². The Morgan fingerprint density at radius 2 is 2.31 bits per heavy atom. The smallest absolute Gasteiger partial charge is 0.303 e.